The zero-order valence-electron chi connectivity index (χ0n) is 21.2. The minimum absolute atomic E-state index is 0.00491. The lowest BCUT2D eigenvalue weighted by Gasteiger charge is -2.39. The molecule has 8 heteroatoms. The smallest absolute Gasteiger partial charge is 0.253 e. The molecule has 1 atom stereocenters. The Bertz CT molecular complexity index is 986. The summed E-state index contributed by atoms with van der Waals surface area (Å²) in [6.45, 7) is 5.73. The largest absolute Gasteiger partial charge is 0.356 e. The number of hydrogen-bond acceptors (Lipinski definition) is 6. The molecule has 1 aromatic carbocycles. The minimum atomic E-state index is -0.311. The first-order chi connectivity index (χ1) is 17.7. The van der Waals surface area contributed by atoms with Crippen LogP contribution in [0.25, 0.3) is 0 Å². The van der Waals surface area contributed by atoms with E-state index in [0.29, 0.717) is 17.6 Å². The number of amides is 1. The van der Waals surface area contributed by atoms with Crippen molar-refractivity contribution in [2.75, 3.05) is 49.5 Å². The van der Waals surface area contributed by atoms with Crippen molar-refractivity contribution in [3.63, 3.8) is 0 Å². The fourth-order valence-electron chi connectivity index (χ4n) is 5.91. The van der Waals surface area contributed by atoms with Crippen LogP contribution in [0.4, 0.5) is 16.2 Å². The van der Waals surface area contributed by atoms with Crippen LogP contribution in [0.2, 0.25) is 0 Å². The van der Waals surface area contributed by atoms with Crippen molar-refractivity contribution in [1.82, 2.24) is 19.8 Å². The van der Waals surface area contributed by atoms with Crippen LogP contribution < -0.4 is 10.2 Å². The topological polar surface area (TPSA) is 64.6 Å². The number of carbonyl (C=O) groups excluding carboxylic acids is 1. The summed E-state index contributed by atoms with van der Waals surface area (Å²) in [5.41, 5.74) is 0.566. The summed E-state index contributed by atoms with van der Waals surface area (Å²) in [5.74, 6) is 1.47. The molecule has 5 rings (SSSR count). The van der Waals surface area contributed by atoms with Gasteiger partial charge in [-0.05, 0) is 75.4 Å². The second-order valence-corrected chi connectivity index (χ2v) is 10.5. The molecule has 1 N–H and O–H groups in total. The summed E-state index contributed by atoms with van der Waals surface area (Å²) in [6, 6.07) is 8.73. The number of carbonyl (C=O) groups is 1. The third-order valence-corrected chi connectivity index (χ3v) is 7.97. The fraction of sp³-hybridized carbons (Fsp3) is 0.607. The fourth-order valence-corrected chi connectivity index (χ4v) is 5.91. The first kappa shape index (κ1) is 24.9. The van der Waals surface area contributed by atoms with Crippen molar-refractivity contribution in [2.45, 2.75) is 69.9 Å². The Balaban J connectivity index is 1.16. The Morgan fingerprint density at radius 2 is 1.58 bits per heavy atom. The highest BCUT2D eigenvalue weighted by Gasteiger charge is 2.30. The zero-order valence-corrected chi connectivity index (χ0v) is 21.2. The van der Waals surface area contributed by atoms with Crippen LogP contribution >= 0.6 is 0 Å². The van der Waals surface area contributed by atoms with E-state index in [0.717, 1.165) is 70.3 Å². The average Bonchev–Trinajstić information content (AvgIpc) is 3.33. The molecular formula is C28H39FN6O. The number of rotatable bonds is 5. The van der Waals surface area contributed by atoms with Gasteiger partial charge >= 0.3 is 0 Å². The number of hydrogen-bond donors (Lipinski definition) is 1. The third-order valence-electron chi connectivity index (χ3n) is 7.97. The van der Waals surface area contributed by atoms with E-state index in [1.165, 1.54) is 50.7 Å². The molecule has 1 aromatic heterocycles. The predicted molar refractivity (Wildman–Crippen MR) is 141 cm³/mol. The lowest BCUT2D eigenvalue weighted by molar-refractivity contribution is 0.0619. The molecule has 7 nitrogen and oxygen atoms in total. The summed E-state index contributed by atoms with van der Waals surface area (Å²) in [6.07, 6.45) is 12.4. The van der Waals surface area contributed by atoms with Gasteiger partial charge < -0.3 is 15.1 Å². The Morgan fingerprint density at radius 3 is 2.33 bits per heavy atom. The number of likely N-dealkylation sites (tertiary alicyclic amines) is 2. The van der Waals surface area contributed by atoms with Crippen LogP contribution in [0.1, 0.15) is 68.1 Å². The van der Waals surface area contributed by atoms with E-state index in [9.17, 15) is 9.18 Å². The van der Waals surface area contributed by atoms with Crippen LogP contribution in [-0.4, -0.2) is 77.0 Å². The van der Waals surface area contributed by atoms with Gasteiger partial charge in [0.05, 0.1) is 0 Å². The van der Waals surface area contributed by atoms with Gasteiger partial charge in [-0.15, -0.1) is 0 Å². The second-order valence-electron chi connectivity index (χ2n) is 10.5. The molecule has 0 radical (unpaired) electrons. The summed E-state index contributed by atoms with van der Waals surface area (Å²) in [4.78, 5) is 29.2. The van der Waals surface area contributed by atoms with Gasteiger partial charge in [-0.25, -0.2) is 9.37 Å². The van der Waals surface area contributed by atoms with Gasteiger partial charge in [-0.3, -0.25) is 9.69 Å². The van der Waals surface area contributed by atoms with Crippen molar-refractivity contribution >= 4 is 17.7 Å². The molecule has 1 amide bonds. The molecular weight excluding hydrogens is 455 g/mol. The Morgan fingerprint density at radius 1 is 0.861 bits per heavy atom. The van der Waals surface area contributed by atoms with Crippen molar-refractivity contribution in [3.05, 3.63) is 47.9 Å². The van der Waals surface area contributed by atoms with Crippen LogP contribution in [0.3, 0.4) is 0 Å². The van der Waals surface area contributed by atoms with Crippen LogP contribution in [-0.2, 0) is 0 Å². The molecule has 2 aromatic rings. The van der Waals surface area contributed by atoms with E-state index < -0.39 is 0 Å². The first-order valence-electron chi connectivity index (χ1n) is 13.8. The monoisotopic (exact) mass is 494 g/mol. The molecule has 3 aliphatic heterocycles. The molecule has 0 spiro atoms. The van der Waals surface area contributed by atoms with E-state index in [-0.39, 0.29) is 11.7 Å². The van der Waals surface area contributed by atoms with Gasteiger partial charge in [0.25, 0.3) is 5.91 Å². The van der Waals surface area contributed by atoms with E-state index >= 15 is 0 Å². The number of piperidine rings is 1. The van der Waals surface area contributed by atoms with Gasteiger partial charge in [0, 0.05) is 56.6 Å². The maximum Gasteiger partial charge on any atom is 0.253 e. The number of aromatic nitrogens is 2. The molecule has 3 aliphatic rings. The summed E-state index contributed by atoms with van der Waals surface area (Å²) >= 11 is 0. The van der Waals surface area contributed by atoms with E-state index in [4.69, 9.17) is 4.98 Å². The number of anilines is 2. The van der Waals surface area contributed by atoms with Crippen molar-refractivity contribution in [1.29, 1.82) is 0 Å². The molecule has 1 unspecified atom stereocenters. The normalized spacial score (nSPS) is 22.6. The van der Waals surface area contributed by atoms with E-state index in [2.05, 4.69) is 20.1 Å². The number of halogens is 1. The lowest BCUT2D eigenvalue weighted by atomic mass is 10.0. The lowest BCUT2D eigenvalue weighted by Crippen LogP contribution is -2.49. The number of nitrogens with zero attached hydrogens (tertiary/aromatic N) is 5. The maximum atomic E-state index is 13.2. The summed E-state index contributed by atoms with van der Waals surface area (Å²) in [5, 5.41) is 3.65. The molecule has 0 aliphatic carbocycles. The van der Waals surface area contributed by atoms with Gasteiger partial charge in [-0.2, -0.15) is 4.98 Å². The zero-order chi connectivity index (χ0) is 24.7. The molecule has 194 valence electrons. The van der Waals surface area contributed by atoms with Gasteiger partial charge in [0.15, 0.2) is 0 Å². The van der Waals surface area contributed by atoms with Gasteiger partial charge in [0.1, 0.15) is 11.6 Å². The molecule has 0 bridgehead atoms. The van der Waals surface area contributed by atoms with Gasteiger partial charge in [0.2, 0.25) is 5.95 Å². The molecule has 36 heavy (non-hydrogen) atoms. The molecule has 3 fully saturated rings. The van der Waals surface area contributed by atoms with Crippen molar-refractivity contribution in [2.24, 2.45) is 0 Å². The summed E-state index contributed by atoms with van der Waals surface area (Å²) < 4.78 is 13.2. The van der Waals surface area contributed by atoms with Crippen LogP contribution in [0.5, 0.6) is 0 Å². The van der Waals surface area contributed by atoms with Gasteiger partial charge in [-0.1, -0.05) is 19.3 Å². The maximum absolute atomic E-state index is 13.2. The SMILES string of the molecule is O=C(c1ccc(F)cc1)N1CCC(N2CCCCC(Nc3nccc(N4CCCCCC4)n3)C2)CC1. The molecule has 0 saturated carbocycles. The minimum Gasteiger partial charge on any atom is -0.356 e. The molecule has 3 saturated heterocycles. The number of nitrogens with one attached hydrogen (secondary N) is 1. The first-order valence-corrected chi connectivity index (χ1v) is 13.8. The highest BCUT2D eigenvalue weighted by atomic mass is 19.1. The van der Waals surface area contributed by atoms with Crippen LogP contribution in [0, 0.1) is 5.82 Å². The van der Waals surface area contributed by atoms with E-state index in [1.54, 1.807) is 12.1 Å². The Labute approximate surface area is 214 Å². The Kier molecular flexibility index (Phi) is 8.31. The average molecular weight is 495 g/mol. The summed E-state index contributed by atoms with van der Waals surface area (Å²) in [7, 11) is 0. The number of benzene rings is 1. The van der Waals surface area contributed by atoms with E-state index in [1.807, 2.05) is 17.2 Å². The predicted octanol–water partition coefficient (Wildman–Crippen LogP) is 4.57. The van der Waals surface area contributed by atoms with Crippen LogP contribution in [0.15, 0.2) is 36.5 Å². The highest BCUT2D eigenvalue weighted by molar-refractivity contribution is 5.94. The quantitative estimate of drug-likeness (QED) is 0.657. The van der Waals surface area contributed by atoms with Crippen molar-refractivity contribution < 1.29 is 9.18 Å². The van der Waals surface area contributed by atoms with Crippen molar-refractivity contribution in [3.8, 4) is 0 Å². The molecule has 4 heterocycles. The third kappa shape index (κ3) is 6.33. The second kappa shape index (κ2) is 12.0. The Hall–Kier alpha value is -2.74. The standard InChI is InChI=1S/C28H39FN6O/c29-23-10-8-22(9-11-23)27(36)34-19-13-25(14-20-34)35-18-6-3-7-24(21-35)31-28-30-15-12-26(32-28)33-16-4-1-2-5-17-33/h8-12,15,24-25H,1-7,13-14,16-21H2,(H,30,31,32). The highest BCUT2D eigenvalue weighted by Crippen LogP contribution is 2.24.